The molecule has 2 aliphatic rings. The third-order valence-corrected chi connectivity index (χ3v) is 6.47. The highest BCUT2D eigenvalue weighted by molar-refractivity contribution is 5.60. The fraction of sp³-hybridized carbons (Fsp3) is 0.400. The molecule has 1 unspecified atom stereocenters. The largest absolute Gasteiger partial charge is 0.496 e. The molecule has 3 aromatic rings. The van der Waals surface area contributed by atoms with E-state index >= 15 is 0 Å². The predicted octanol–water partition coefficient (Wildman–Crippen LogP) is 3.03. The highest BCUT2D eigenvalue weighted by Crippen LogP contribution is 2.35. The minimum atomic E-state index is -0.178. The van der Waals surface area contributed by atoms with E-state index in [-0.39, 0.29) is 11.7 Å². The fourth-order valence-electron chi connectivity index (χ4n) is 4.64. The summed E-state index contributed by atoms with van der Waals surface area (Å²) in [6.07, 6.45) is 5.70. The lowest BCUT2D eigenvalue weighted by Gasteiger charge is -2.35. The maximum absolute atomic E-state index is 12.7. The Bertz CT molecular complexity index is 1170. The van der Waals surface area contributed by atoms with Crippen LogP contribution in [0.1, 0.15) is 24.5 Å². The van der Waals surface area contributed by atoms with Crippen LogP contribution in [0.3, 0.4) is 0 Å². The van der Waals surface area contributed by atoms with Gasteiger partial charge in [-0.15, -0.1) is 0 Å². The second-order valence-corrected chi connectivity index (χ2v) is 8.50. The number of methoxy groups -OCH3 is 1. The van der Waals surface area contributed by atoms with Crippen molar-refractivity contribution in [1.29, 1.82) is 0 Å². The molecule has 0 radical (unpaired) electrons. The van der Waals surface area contributed by atoms with Gasteiger partial charge in [-0.25, -0.2) is 4.98 Å². The lowest BCUT2D eigenvalue weighted by atomic mass is 10.1. The van der Waals surface area contributed by atoms with E-state index in [2.05, 4.69) is 33.0 Å². The van der Waals surface area contributed by atoms with Crippen molar-refractivity contribution in [2.24, 2.45) is 7.05 Å². The number of morpholine rings is 1. The summed E-state index contributed by atoms with van der Waals surface area (Å²) in [7, 11) is 3.47. The lowest BCUT2D eigenvalue weighted by Crippen LogP contribution is -2.41. The average molecular weight is 448 g/mol. The number of nitrogens with zero attached hydrogens (tertiary/aromatic N) is 5. The van der Waals surface area contributed by atoms with Gasteiger partial charge in [0.1, 0.15) is 11.9 Å². The normalized spacial score (nSPS) is 18.5. The Hall–Kier alpha value is -3.39. The van der Waals surface area contributed by atoms with E-state index in [9.17, 15) is 4.79 Å². The van der Waals surface area contributed by atoms with Crippen LogP contribution in [0.2, 0.25) is 0 Å². The van der Waals surface area contributed by atoms with Crippen molar-refractivity contribution in [2.45, 2.75) is 18.9 Å². The molecule has 5 rings (SSSR count). The summed E-state index contributed by atoms with van der Waals surface area (Å²) in [6, 6.07) is 11.7. The molecule has 0 N–H and O–H groups in total. The first kappa shape index (κ1) is 21.5. The summed E-state index contributed by atoms with van der Waals surface area (Å²) >= 11 is 0. The number of hydrogen-bond acceptors (Lipinski definition) is 7. The van der Waals surface area contributed by atoms with E-state index in [0.29, 0.717) is 31.3 Å². The molecule has 0 spiro atoms. The smallest absolute Gasteiger partial charge is 0.255 e. The predicted molar refractivity (Wildman–Crippen MR) is 128 cm³/mol. The van der Waals surface area contributed by atoms with Crippen LogP contribution in [-0.4, -0.2) is 54.4 Å². The summed E-state index contributed by atoms with van der Waals surface area (Å²) in [5.74, 6) is 1.47. The van der Waals surface area contributed by atoms with Crippen LogP contribution < -0.4 is 20.1 Å². The molecule has 2 aliphatic heterocycles. The van der Waals surface area contributed by atoms with Gasteiger partial charge in [0.25, 0.3) is 5.56 Å². The molecule has 8 heteroatoms. The Kier molecular flexibility index (Phi) is 6.00. The third-order valence-electron chi connectivity index (χ3n) is 6.47. The van der Waals surface area contributed by atoms with E-state index in [1.165, 1.54) is 18.5 Å². The molecule has 2 saturated heterocycles. The Balaban J connectivity index is 1.44. The van der Waals surface area contributed by atoms with Crippen LogP contribution in [0, 0.1) is 0 Å². The quantitative estimate of drug-likeness (QED) is 0.595. The van der Waals surface area contributed by atoms with E-state index in [1.807, 2.05) is 12.1 Å². The first-order valence-corrected chi connectivity index (χ1v) is 11.4. The Morgan fingerprint density at radius 2 is 1.82 bits per heavy atom. The van der Waals surface area contributed by atoms with Crippen LogP contribution in [-0.2, 0) is 11.8 Å². The zero-order valence-electron chi connectivity index (χ0n) is 19.1. The Morgan fingerprint density at radius 3 is 2.58 bits per heavy atom. The van der Waals surface area contributed by atoms with Crippen molar-refractivity contribution in [1.82, 2.24) is 14.5 Å². The monoisotopic (exact) mass is 447 g/mol. The van der Waals surface area contributed by atoms with Crippen molar-refractivity contribution >= 4 is 11.6 Å². The second-order valence-electron chi connectivity index (χ2n) is 8.50. The molecule has 172 valence electrons. The molecule has 8 nitrogen and oxygen atoms in total. The van der Waals surface area contributed by atoms with Crippen LogP contribution in [0.15, 0.2) is 53.6 Å². The number of anilines is 2. The zero-order chi connectivity index (χ0) is 22.8. The fourth-order valence-corrected chi connectivity index (χ4v) is 4.64. The molecule has 2 fully saturated rings. The number of aromatic nitrogens is 3. The molecular weight excluding hydrogens is 418 g/mol. The maximum atomic E-state index is 12.7. The molecule has 0 bridgehead atoms. The average Bonchev–Trinajstić information content (AvgIpc) is 3.41. The Morgan fingerprint density at radius 1 is 1.03 bits per heavy atom. The summed E-state index contributed by atoms with van der Waals surface area (Å²) in [6.45, 7) is 3.95. The Labute approximate surface area is 193 Å². The molecule has 33 heavy (non-hydrogen) atoms. The van der Waals surface area contributed by atoms with E-state index in [0.717, 1.165) is 30.0 Å². The lowest BCUT2D eigenvalue weighted by molar-refractivity contribution is 0.0374. The van der Waals surface area contributed by atoms with Gasteiger partial charge in [0.05, 0.1) is 26.0 Å². The standard InChI is InChI=1S/C25H29N5O3/c1-28-24(31)16-21(18-7-9-26-10-8-18)27-25(28)30-13-14-33-23(17-30)20-6-5-19(15-22(20)32-2)29-11-3-4-12-29/h5-10,15-16,23H,3-4,11-14,17H2,1-2H3. The SMILES string of the molecule is COc1cc(N2CCCC2)ccc1C1CN(c2nc(-c3ccncc3)cc(=O)n2C)CCO1. The third kappa shape index (κ3) is 4.30. The van der Waals surface area contributed by atoms with Gasteiger partial charge in [-0.1, -0.05) is 6.07 Å². The molecule has 0 amide bonds. The molecular formula is C25H29N5O3. The van der Waals surface area contributed by atoms with Crippen molar-refractivity contribution < 1.29 is 9.47 Å². The van der Waals surface area contributed by atoms with Gasteiger partial charge in [-0.05, 0) is 31.0 Å². The van der Waals surface area contributed by atoms with Crippen molar-refractivity contribution in [3.05, 3.63) is 64.7 Å². The zero-order valence-corrected chi connectivity index (χ0v) is 19.1. The summed E-state index contributed by atoms with van der Waals surface area (Å²) in [5.41, 5.74) is 3.62. The highest BCUT2D eigenvalue weighted by atomic mass is 16.5. The number of ether oxygens (including phenoxy) is 2. The van der Waals surface area contributed by atoms with Crippen LogP contribution in [0.5, 0.6) is 5.75 Å². The molecule has 1 atom stereocenters. The number of pyridine rings is 1. The topological polar surface area (TPSA) is 72.7 Å². The van der Waals surface area contributed by atoms with Gasteiger partial charge >= 0.3 is 0 Å². The highest BCUT2D eigenvalue weighted by Gasteiger charge is 2.28. The maximum Gasteiger partial charge on any atom is 0.255 e. The van der Waals surface area contributed by atoms with Gasteiger partial charge < -0.3 is 19.3 Å². The number of hydrogen-bond donors (Lipinski definition) is 0. The molecule has 4 heterocycles. The van der Waals surface area contributed by atoms with Crippen LogP contribution in [0.25, 0.3) is 11.3 Å². The van der Waals surface area contributed by atoms with Gasteiger partial charge in [0.2, 0.25) is 5.95 Å². The first-order valence-electron chi connectivity index (χ1n) is 11.4. The van der Waals surface area contributed by atoms with Crippen LogP contribution in [0.4, 0.5) is 11.6 Å². The molecule has 1 aromatic carbocycles. The minimum absolute atomic E-state index is 0.0950. The van der Waals surface area contributed by atoms with Crippen molar-refractivity contribution in [3.8, 4) is 17.0 Å². The van der Waals surface area contributed by atoms with Gasteiger partial charge in [0.15, 0.2) is 0 Å². The van der Waals surface area contributed by atoms with Gasteiger partial charge in [-0.3, -0.25) is 14.3 Å². The second kappa shape index (κ2) is 9.23. The number of rotatable bonds is 5. The molecule has 0 saturated carbocycles. The van der Waals surface area contributed by atoms with E-state index < -0.39 is 0 Å². The molecule has 0 aliphatic carbocycles. The van der Waals surface area contributed by atoms with E-state index in [1.54, 1.807) is 37.2 Å². The summed E-state index contributed by atoms with van der Waals surface area (Å²) in [5, 5.41) is 0. The summed E-state index contributed by atoms with van der Waals surface area (Å²) in [4.78, 5) is 26.1. The van der Waals surface area contributed by atoms with Gasteiger partial charge in [-0.2, -0.15) is 0 Å². The first-order chi connectivity index (χ1) is 16.1. The van der Waals surface area contributed by atoms with Crippen molar-refractivity contribution in [3.63, 3.8) is 0 Å². The van der Waals surface area contributed by atoms with Crippen LogP contribution >= 0.6 is 0 Å². The number of benzene rings is 1. The van der Waals surface area contributed by atoms with E-state index in [4.69, 9.17) is 14.5 Å². The van der Waals surface area contributed by atoms with Crippen molar-refractivity contribution in [2.75, 3.05) is 49.7 Å². The van der Waals surface area contributed by atoms with Gasteiger partial charge in [0, 0.05) is 68.0 Å². The molecule has 2 aromatic heterocycles. The summed E-state index contributed by atoms with van der Waals surface area (Å²) < 4.78 is 13.5. The minimum Gasteiger partial charge on any atom is -0.496 e.